The normalized spacial score (nSPS) is 13.9. The Hall–Kier alpha value is -2.05. The van der Waals surface area contributed by atoms with Crippen molar-refractivity contribution in [1.29, 1.82) is 0 Å². The molecule has 35 heavy (non-hydrogen) atoms. The van der Waals surface area contributed by atoms with Crippen LogP contribution >= 0.6 is 0 Å². The highest BCUT2D eigenvalue weighted by Crippen LogP contribution is 2.36. The first-order chi connectivity index (χ1) is 15.6. The number of halogens is 5. The maximum absolute atomic E-state index is 13.9. The number of alkyl halides is 5. The van der Waals surface area contributed by atoms with E-state index in [1.807, 2.05) is 0 Å². The van der Waals surface area contributed by atoms with E-state index in [4.69, 9.17) is 4.74 Å². The molecule has 0 aliphatic carbocycles. The highest BCUT2D eigenvalue weighted by molar-refractivity contribution is 8.13. The lowest BCUT2D eigenvalue weighted by atomic mass is 9.91. The fourth-order valence-electron chi connectivity index (χ4n) is 2.00. The predicted octanol–water partition coefficient (Wildman–Crippen LogP) is 3.06. The summed E-state index contributed by atoms with van der Waals surface area (Å²) in [5, 5.41) is -5.57. The van der Waals surface area contributed by atoms with Crippen molar-refractivity contribution in [2.24, 2.45) is 5.41 Å². The Morgan fingerprint density at radius 2 is 1.43 bits per heavy atom. The number of benzene rings is 1. The van der Waals surface area contributed by atoms with Crippen molar-refractivity contribution in [3.8, 4) is 5.75 Å². The Morgan fingerprint density at radius 3 is 1.89 bits per heavy atom. The second kappa shape index (κ2) is 10.5. The number of carbonyl (C=O) groups is 1. The largest absolute Gasteiger partial charge is 0.480 e. The molecular weight excluding hydrogens is 553 g/mol. The minimum Gasteiger partial charge on any atom is -0.465 e. The van der Waals surface area contributed by atoms with Gasteiger partial charge in [0.1, 0.15) is 5.75 Å². The second-order valence-electron chi connectivity index (χ2n) is 7.66. The molecule has 0 bridgehead atoms. The maximum atomic E-state index is 13.9. The van der Waals surface area contributed by atoms with Gasteiger partial charge in [-0.2, -0.15) is 30.4 Å². The van der Waals surface area contributed by atoms with Crippen molar-refractivity contribution in [2.75, 3.05) is 12.4 Å². The Bertz CT molecular complexity index is 1220. The summed E-state index contributed by atoms with van der Waals surface area (Å²) in [7, 11) is -19.1. The molecule has 0 aliphatic rings. The number of sulfonamides is 2. The summed E-state index contributed by atoms with van der Waals surface area (Å²) < 4.78 is 143. The number of hydrogen-bond donors (Lipinski definition) is 0. The van der Waals surface area contributed by atoms with Crippen molar-refractivity contribution < 1.29 is 60.9 Å². The molecule has 1 aromatic carbocycles. The van der Waals surface area contributed by atoms with E-state index < -0.39 is 63.8 Å². The number of hydrogen-bond acceptors (Lipinski definition) is 9. The molecular formula is C17H21F5NO9S3-. The van der Waals surface area contributed by atoms with Gasteiger partial charge in [-0.1, -0.05) is 19.1 Å². The molecule has 10 nitrogen and oxygen atoms in total. The monoisotopic (exact) mass is 574 g/mol. The number of carbonyl (C=O) groups excluding carboxylic acids is 1. The molecule has 0 atom stereocenters. The van der Waals surface area contributed by atoms with E-state index >= 15 is 0 Å². The summed E-state index contributed by atoms with van der Waals surface area (Å²) in [6.45, 7) is 5.17. The summed E-state index contributed by atoms with van der Waals surface area (Å²) in [5.41, 5.74) is -6.48. The lowest BCUT2D eigenvalue weighted by Crippen LogP contribution is -2.39. The van der Waals surface area contributed by atoms with Gasteiger partial charge in [-0.05, 0) is 38.0 Å². The van der Waals surface area contributed by atoms with Crippen molar-refractivity contribution >= 4 is 36.1 Å². The SMILES string of the molecule is CCC(C)(C)C(=O)OCCc1ccc(OS(=O)(=O)CC(F)(F)S(=O)(=O)[N-]S(=O)(=O)C(F)(F)F)cc1. The van der Waals surface area contributed by atoms with E-state index in [1.165, 1.54) is 12.1 Å². The zero-order chi connectivity index (χ0) is 27.5. The topological polar surface area (TPSA) is 152 Å². The van der Waals surface area contributed by atoms with E-state index in [1.54, 1.807) is 20.8 Å². The predicted molar refractivity (Wildman–Crippen MR) is 112 cm³/mol. The molecule has 18 heteroatoms. The Kier molecular flexibility index (Phi) is 9.31. The number of rotatable bonds is 12. The van der Waals surface area contributed by atoms with Crippen LogP contribution in [0.4, 0.5) is 22.0 Å². The van der Waals surface area contributed by atoms with E-state index in [2.05, 4.69) is 4.18 Å². The van der Waals surface area contributed by atoms with Crippen LogP contribution in [-0.4, -0.2) is 54.3 Å². The molecule has 202 valence electrons. The van der Waals surface area contributed by atoms with Crippen molar-refractivity contribution in [3.63, 3.8) is 0 Å². The van der Waals surface area contributed by atoms with Crippen LogP contribution in [0.1, 0.15) is 32.8 Å². The molecule has 0 aliphatic heterocycles. The summed E-state index contributed by atoms with van der Waals surface area (Å²) in [6, 6.07) is 4.55. The first-order valence-electron chi connectivity index (χ1n) is 9.41. The second-order valence-corrected chi connectivity index (χ2v) is 12.8. The van der Waals surface area contributed by atoms with Gasteiger partial charge in [0.05, 0.1) is 12.0 Å². The fourth-order valence-corrected chi connectivity index (χ4v) is 5.71. The maximum Gasteiger partial charge on any atom is 0.480 e. The summed E-state index contributed by atoms with van der Waals surface area (Å²) in [6.07, 6.45) is 0.739. The molecule has 0 fully saturated rings. The van der Waals surface area contributed by atoms with Crippen LogP contribution in [-0.2, 0) is 46.1 Å². The first kappa shape index (κ1) is 31.0. The van der Waals surface area contributed by atoms with Crippen LogP contribution in [0.2, 0.25) is 0 Å². The molecule has 0 saturated carbocycles. The lowest BCUT2D eigenvalue weighted by molar-refractivity contribution is -0.154. The minimum absolute atomic E-state index is 0.0187. The highest BCUT2D eigenvalue weighted by Gasteiger charge is 2.49. The third-order valence-corrected chi connectivity index (χ3v) is 8.82. The third kappa shape index (κ3) is 8.53. The van der Waals surface area contributed by atoms with E-state index in [0.717, 1.165) is 16.3 Å². The summed E-state index contributed by atoms with van der Waals surface area (Å²) in [5.74, 6) is -3.72. The van der Waals surface area contributed by atoms with Crippen LogP contribution in [0.5, 0.6) is 5.75 Å². The van der Waals surface area contributed by atoms with Gasteiger partial charge < -0.3 is 13.0 Å². The third-order valence-electron chi connectivity index (χ3n) is 4.42. The average molecular weight is 575 g/mol. The highest BCUT2D eigenvalue weighted by atomic mass is 32.3. The summed E-state index contributed by atoms with van der Waals surface area (Å²) >= 11 is 0. The van der Waals surface area contributed by atoms with Gasteiger partial charge in [-0.15, -0.1) is 0 Å². The molecule has 0 saturated heterocycles. The van der Waals surface area contributed by atoms with E-state index in [-0.39, 0.29) is 13.0 Å². The Balaban J connectivity index is 2.84. The molecule has 0 amide bonds. The molecule has 0 unspecified atom stereocenters. The zero-order valence-electron chi connectivity index (χ0n) is 18.4. The number of ether oxygens (including phenoxy) is 1. The van der Waals surface area contributed by atoms with Crippen molar-refractivity contribution in [1.82, 2.24) is 0 Å². The molecule has 0 radical (unpaired) electrons. The fraction of sp³-hybridized carbons (Fsp3) is 0.588. The molecule has 0 aromatic heterocycles. The average Bonchev–Trinajstić information content (AvgIpc) is 2.66. The van der Waals surface area contributed by atoms with Crippen LogP contribution < -0.4 is 4.18 Å². The standard InChI is InChI=1S/C17H21F5NO9S3/c1-4-15(2,3)14(24)31-10-9-12-5-7-13(8-6-12)32-33(25,26)11-16(18,19)34(27,28)23-35(29,30)17(20,21)22/h5-8H,4,9-11H2,1-3H3/q-1. The van der Waals surface area contributed by atoms with E-state index in [9.17, 15) is 52.0 Å². The van der Waals surface area contributed by atoms with Crippen LogP contribution in [0, 0.1) is 5.41 Å². The van der Waals surface area contributed by atoms with Gasteiger partial charge in [-0.3, -0.25) is 4.79 Å². The molecule has 0 spiro atoms. The lowest BCUT2D eigenvalue weighted by Gasteiger charge is -2.27. The zero-order valence-corrected chi connectivity index (χ0v) is 20.8. The quantitative estimate of drug-likeness (QED) is 0.208. The Morgan fingerprint density at radius 1 is 0.914 bits per heavy atom. The Labute approximate surface area is 199 Å². The van der Waals surface area contributed by atoms with Gasteiger partial charge in [0, 0.05) is 6.42 Å². The van der Waals surface area contributed by atoms with Gasteiger partial charge >= 0.3 is 26.9 Å². The first-order valence-corrected chi connectivity index (χ1v) is 13.9. The van der Waals surface area contributed by atoms with Crippen LogP contribution in [0.3, 0.4) is 0 Å². The van der Waals surface area contributed by atoms with Crippen molar-refractivity contribution in [2.45, 2.75) is 44.4 Å². The van der Waals surface area contributed by atoms with Crippen molar-refractivity contribution in [3.05, 3.63) is 34.0 Å². The van der Waals surface area contributed by atoms with Crippen LogP contribution in [0.25, 0.3) is 4.13 Å². The summed E-state index contributed by atoms with van der Waals surface area (Å²) in [4.78, 5) is 11.9. The molecule has 0 N–H and O–H groups in total. The van der Waals surface area contributed by atoms with Gasteiger partial charge in [0.15, 0.2) is 25.8 Å². The van der Waals surface area contributed by atoms with Gasteiger partial charge in [-0.25, -0.2) is 16.8 Å². The molecule has 1 rings (SSSR count). The smallest absolute Gasteiger partial charge is 0.465 e. The van der Waals surface area contributed by atoms with E-state index in [0.29, 0.717) is 12.0 Å². The number of esters is 1. The van der Waals surface area contributed by atoms with Crippen LogP contribution in [0.15, 0.2) is 24.3 Å². The number of nitrogens with zero attached hydrogens (tertiary/aromatic N) is 1. The van der Waals surface area contributed by atoms with Gasteiger partial charge in [0.25, 0.3) is 0 Å². The minimum atomic E-state index is -6.89. The molecule has 1 aromatic rings. The van der Waals surface area contributed by atoms with Gasteiger partial charge in [0.2, 0.25) is 0 Å². The molecule has 0 heterocycles.